The number of amides is 1. The molecule has 38 heavy (non-hydrogen) atoms. The molecule has 1 aliphatic rings. The topological polar surface area (TPSA) is 106 Å². The van der Waals surface area contributed by atoms with Crippen LogP contribution in [0.1, 0.15) is 53.1 Å². The molecule has 0 aliphatic carbocycles. The van der Waals surface area contributed by atoms with Crippen molar-refractivity contribution < 1.29 is 23.8 Å². The summed E-state index contributed by atoms with van der Waals surface area (Å²) in [5, 5.41) is 18.9. The molecular formula is C28H23Cl2N3O5. The summed E-state index contributed by atoms with van der Waals surface area (Å²) in [4.78, 5) is 27.5. The first kappa shape index (κ1) is 25.9. The molecule has 0 saturated carbocycles. The van der Waals surface area contributed by atoms with Crippen LogP contribution in [0.15, 0.2) is 83.3 Å². The minimum atomic E-state index is -1.27. The molecular weight excluding hydrogens is 529 g/mol. The van der Waals surface area contributed by atoms with Crippen molar-refractivity contribution in [2.45, 2.75) is 37.6 Å². The highest BCUT2D eigenvalue weighted by Gasteiger charge is 2.49. The predicted octanol–water partition coefficient (Wildman–Crippen LogP) is 5.96. The van der Waals surface area contributed by atoms with Crippen LogP contribution in [0.25, 0.3) is 0 Å². The summed E-state index contributed by atoms with van der Waals surface area (Å²) >= 11 is 12.5. The summed E-state index contributed by atoms with van der Waals surface area (Å²) in [5.74, 6) is -1.15. The third kappa shape index (κ3) is 5.29. The summed E-state index contributed by atoms with van der Waals surface area (Å²) in [7, 11) is 0. The van der Waals surface area contributed by atoms with Gasteiger partial charge in [-0.2, -0.15) is 0 Å². The molecule has 194 valence electrons. The Kier molecular flexibility index (Phi) is 7.46. The highest BCUT2D eigenvalue weighted by Crippen LogP contribution is 2.48. The van der Waals surface area contributed by atoms with Crippen LogP contribution in [-0.4, -0.2) is 38.2 Å². The molecule has 0 radical (unpaired) electrons. The first-order valence-corrected chi connectivity index (χ1v) is 12.6. The Balaban J connectivity index is 1.75. The van der Waals surface area contributed by atoms with Crippen molar-refractivity contribution in [2.75, 3.05) is 0 Å². The van der Waals surface area contributed by atoms with E-state index in [2.05, 4.69) is 10.2 Å². The van der Waals surface area contributed by atoms with E-state index in [1.165, 1.54) is 0 Å². The zero-order valence-corrected chi connectivity index (χ0v) is 21.7. The van der Waals surface area contributed by atoms with Crippen LogP contribution >= 0.6 is 23.2 Å². The number of morpholine rings is 1. The van der Waals surface area contributed by atoms with Gasteiger partial charge in [-0.05, 0) is 41.0 Å². The average molecular weight is 552 g/mol. The van der Waals surface area contributed by atoms with E-state index < -0.39 is 42.6 Å². The van der Waals surface area contributed by atoms with Crippen LogP contribution in [0.5, 0.6) is 0 Å². The van der Waals surface area contributed by atoms with Crippen LogP contribution in [0.2, 0.25) is 10.0 Å². The zero-order valence-electron chi connectivity index (χ0n) is 20.2. The SMILES string of the molecule is Cc1nnc([C@H](c2ccccc2)N2C(=O)[C@@H](CC(=O)O)O[C@H](c3cccc(Cl)c3)[C@@H]2c2ccc(Cl)cc2)o1. The number of carbonyl (C=O) groups excluding carboxylic acids is 1. The quantitative estimate of drug-likeness (QED) is 0.302. The van der Waals surface area contributed by atoms with Crippen LogP contribution in [0.4, 0.5) is 0 Å². The molecule has 3 aromatic carbocycles. The third-order valence-corrected chi connectivity index (χ3v) is 6.83. The Bertz CT molecular complexity index is 1440. The van der Waals surface area contributed by atoms with Crippen molar-refractivity contribution in [3.05, 3.63) is 117 Å². The number of carbonyl (C=O) groups is 2. The van der Waals surface area contributed by atoms with Crippen molar-refractivity contribution in [2.24, 2.45) is 0 Å². The number of halogens is 2. The van der Waals surface area contributed by atoms with Gasteiger partial charge in [0.05, 0.1) is 12.5 Å². The number of nitrogens with zero attached hydrogens (tertiary/aromatic N) is 3. The van der Waals surface area contributed by atoms with Gasteiger partial charge in [0.1, 0.15) is 18.2 Å². The van der Waals surface area contributed by atoms with Crippen molar-refractivity contribution >= 4 is 35.1 Å². The number of hydrogen-bond acceptors (Lipinski definition) is 6. The molecule has 1 saturated heterocycles. The Morgan fingerprint density at radius 2 is 1.71 bits per heavy atom. The molecule has 8 nitrogen and oxygen atoms in total. The normalized spacial score (nSPS) is 20.3. The van der Waals surface area contributed by atoms with E-state index in [1.54, 1.807) is 42.2 Å². The fourth-order valence-electron chi connectivity index (χ4n) is 4.76. The lowest BCUT2D eigenvalue weighted by molar-refractivity contribution is -0.183. The fourth-order valence-corrected chi connectivity index (χ4v) is 5.09. The molecule has 0 bridgehead atoms. The van der Waals surface area contributed by atoms with E-state index >= 15 is 0 Å². The fraction of sp³-hybridized carbons (Fsp3) is 0.214. The maximum Gasteiger partial charge on any atom is 0.306 e. The molecule has 4 aromatic rings. The third-order valence-electron chi connectivity index (χ3n) is 6.35. The molecule has 5 rings (SSSR count). The number of carboxylic acid groups (broad SMARTS) is 1. The minimum absolute atomic E-state index is 0.196. The molecule has 4 atom stereocenters. The summed E-state index contributed by atoms with van der Waals surface area (Å²) in [5.41, 5.74) is 2.11. The summed E-state index contributed by atoms with van der Waals surface area (Å²) in [6.45, 7) is 1.67. The lowest BCUT2D eigenvalue weighted by Crippen LogP contribution is -2.53. The van der Waals surface area contributed by atoms with Crippen molar-refractivity contribution in [1.29, 1.82) is 0 Å². The van der Waals surface area contributed by atoms with Gasteiger partial charge in [0.15, 0.2) is 0 Å². The van der Waals surface area contributed by atoms with Crippen LogP contribution < -0.4 is 0 Å². The van der Waals surface area contributed by atoms with Gasteiger partial charge in [0.25, 0.3) is 5.91 Å². The molecule has 10 heteroatoms. The van der Waals surface area contributed by atoms with Gasteiger partial charge in [-0.3, -0.25) is 9.59 Å². The average Bonchev–Trinajstić information content (AvgIpc) is 3.33. The lowest BCUT2D eigenvalue weighted by atomic mass is 9.88. The van der Waals surface area contributed by atoms with E-state index in [4.69, 9.17) is 32.4 Å². The Morgan fingerprint density at radius 3 is 2.34 bits per heavy atom. The second-order valence-corrected chi connectivity index (χ2v) is 9.79. The van der Waals surface area contributed by atoms with Crippen LogP contribution in [0.3, 0.4) is 0 Å². The van der Waals surface area contributed by atoms with E-state index in [1.807, 2.05) is 48.5 Å². The second-order valence-electron chi connectivity index (χ2n) is 8.91. The number of aryl methyl sites for hydroxylation is 1. The highest BCUT2D eigenvalue weighted by atomic mass is 35.5. The van der Waals surface area contributed by atoms with Gasteiger partial charge in [-0.15, -0.1) is 10.2 Å². The van der Waals surface area contributed by atoms with Crippen LogP contribution in [0, 0.1) is 6.92 Å². The van der Waals surface area contributed by atoms with Crippen molar-refractivity contribution in [3.8, 4) is 0 Å². The molecule has 2 heterocycles. The first-order valence-electron chi connectivity index (χ1n) is 11.9. The van der Waals surface area contributed by atoms with Crippen LogP contribution in [-0.2, 0) is 14.3 Å². The lowest BCUT2D eigenvalue weighted by Gasteiger charge is -2.47. The van der Waals surface area contributed by atoms with E-state index in [0.717, 1.165) is 5.56 Å². The van der Waals surface area contributed by atoms with Crippen molar-refractivity contribution in [3.63, 3.8) is 0 Å². The highest BCUT2D eigenvalue weighted by molar-refractivity contribution is 6.30. The molecule has 1 aromatic heterocycles. The Labute approximate surface area is 228 Å². The standard InChI is InChI=1S/C28H23Cl2N3O5/c1-16-31-32-27(37-16)25(17-6-3-2-4-7-17)33-24(18-10-12-20(29)13-11-18)26(19-8-5-9-21(30)14-19)38-22(28(33)36)15-23(34)35/h2-14,22,24-26H,15H2,1H3,(H,34,35)/t22-,24+,25+,26-/m1/s1. The molecule has 0 spiro atoms. The summed E-state index contributed by atoms with van der Waals surface area (Å²) in [6, 6.07) is 21.9. The molecule has 1 amide bonds. The van der Waals surface area contributed by atoms with Gasteiger partial charge in [-0.1, -0.05) is 77.8 Å². The van der Waals surface area contributed by atoms with Gasteiger partial charge in [0, 0.05) is 17.0 Å². The maximum absolute atomic E-state index is 14.1. The van der Waals surface area contributed by atoms with Gasteiger partial charge in [-0.25, -0.2) is 0 Å². The summed E-state index contributed by atoms with van der Waals surface area (Å²) < 4.78 is 12.1. The smallest absolute Gasteiger partial charge is 0.306 e. The predicted molar refractivity (Wildman–Crippen MR) is 140 cm³/mol. The Hall–Kier alpha value is -3.72. The van der Waals surface area contributed by atoms with E-state index in [-0.39, 0.29) is 5.89 Å². The number of aromatic nitrogens is 2. The largest absolute Gasteiger partial charge is 0.481 e. The second kappa shape index (κ2) is 10.9. The van der Waals surface area contributed by atoms with Gasteiger partial charge < -0.3 is 19.2 Å². The number of carboxylic acids is 1. The zero-order chi connectivity index (χ0) is 26.8. The van der Waals surface area contributed by atoms with Gasteiger partial charge in [0.2, 0.25) is 11.8 Å². The molecule has 1 fully saturated rings. The van der Waals surface area contributed by atoms with Crippen molar-refractivity contribution in [1.82, 2.24) is 15.1 Å². The molecule has 1 aliphatic heterocycles. The van der Waals surface area contributed by atoms with E-state index in [9.17, 15) is 14.7 Å². The van der Waals surface area contributed by atoms with Gasteiger partial charge >= 0.3 is 5.97 Å². The maximum atomic E-state index is 14.1. The molecule has 0 unspecified atom stereocenters. The van der Waals surface area contributed by atoms with E-state index in [0.29, 0.717) is 27.1 Å². The number of aliphatic carboxylic acids is 1. The Morgan fingerprint density at radius 1 is 0.974 bits per heavy atom. The first-order chi connectivity index (χ1) is 18.3. The minimum Gasteiger partial charge on any atom is -0.481 e. The number of rotatable bonds is 7. The number of benzene rings is 3. The summed E-state index contributed by atoms with van der Waals surface area (Å²) in [6.07, 6.45) is -2.56. The number of hydrogen-bond donors (Lipinski definition) is 1. The molecule has 1 N–H and O–H groups in total. The monoisotopic (exact) mass is 551 g/mol. The number of ether oxygens (including phenoxy) is 1.